The lowest BCUT2D eigenvalue weighted by molar-refractivity contribution is -0.274. The molecule has 11 heteroatoms. The lowest BCUT2D eigenvalue weighted by atomic mass is 10.0. The Labute approximate surface area is 184 Å². The van der Waals surface area contributed by atoms with Crippen LogP contribution in [0.15, 0.2) is 53.4 Å². The summed E-state index contributed by atoms with van der Waals surface area (Å²) in [6.45, 7) is 0.301. The predicted octanol–water partition coefficient (Wildman–Crippen LogP) is 4.17. The summed E-state index contributed by atoms with van der Waals surface area (Å²) in [5.41, 5.74) is 0.282. The summed E-state index contributed by atoms with van der Waals surface area (Å²) in [5, 5.41) is 2.59. The van der Waals surface area contributed by atoms with Crippen LogP contribution >= 0.6 is 0 Å². The van der Waals surface area contributed by atoms with Gasteiger partial charge in [0, 0.05) is 24.7 Å². The Hall–Kier alpha value is -2.79. The Kier molecular flexibility index (Phi) is 7.29. The third-order valence-corrected chi connectivity index (χ3v) is 7.00. The molecule has 0 aromatic heterocycles. The van der Waals surface area contributed by atoms with Crippen LogP contribution in [0.1, 0.15) is 25.7 Å². The number of amides is 1. The van der Waals surface area contributed by atoms with Gasteiger partial charge in [0.2, 0.25) is 15.9 Å². The molecule has 1 atom stereocenters. The van der Waals surface area contributed by atoms with E-state index in [0.29, 0.717) is 25.1 Å². The number of ether oxygens (including phenoxy) is 2. The minimum absolute atomic E-state index is 0.0732. The lowest BCUT2D eigenvalue weighted by Gasteiger charge is -2.34. The van der Waals surface area contributed by atoms with Crippen molar-refractivity contribution in [2.45, 2.75) is 43.0 Å². The fraction of sp³-hybridized carbons (Fsp3) is 0.381. The summed E-state index contributed by atoms with van der Waals surface area (Å²) in [6.07, 6.45) is -2.87. The van der Waals surface area contributed by atoms with Crippen molar-refractivity contribution in [2.24, 2.45) is 0 Å². The standard InChI is InChI=1S/C21H23F3N2O5S/c1-30-17-9-11-19(12-10-17)32(28,29)26-13-3-2-4-16(26)14-20(27)25-15-5-7-18(8-6-15)31-21(22,23)24/h5-12,16H,2-4,13-14H2,1H3,(H,25,27). The number of sulfonamides is 1. The van der Waals surface area contributed by atoms with Crippen molar-refractivity contribution >= 4 is 21.6 Å². The quantitative estimate of drug-likeness (QED) is 0.654. The van der Waals surface area contributed by atoms with E-state index in [9.17, 15) is 26.4 Å². The molecule has 0 saturated carbocycles. The van der Waals surface area contributed by atoms with E-state index in [-0.39, 0.29) is 17.0 Å². The second kappa shape index (κ2) is 9.78. The number of hydrogen-bond donors (Lipinski definition) is 1. The molecule has 0 bridgehead atoms. The zero-order valence-corrected chi connectivity index (χ0v) is 18.1. The van der Waals surface area contributed by atoms with E-state index in [4.69, 9.17) is 4.74 Å². The molecule has 1 aliphatic rings. The molecule has 0 radical (unpaired) electrons. The molecule has 2 aromatic carbocycles. The normalized spacial score (nSPS) is 17.6. The van der Waals surface area contributed by atoms with E-state index in [1.807, 2.05) is 0 Å². The molecule has 1 fully saturated rings. The summed E-state index contributed by atoms with van der Waals surface area (Å²) < 4.78 is 73.2. The van der Waals surface area contributed by atoms with Crippen LogP contribution in [0.4, 0.5) is 18.9 Å². The molecule has 1 aliphatic heterocycles. The third-order valence-electron chi connectivity index (χ3n) is 5.03. The van der Waals surface area contributed by atoms with Crippen molar-refractivity contribution in [3.63, 3.8) is 0 Å². The van der Waals surface area contributed by atoms with Gasteiger partial charge in [-0.15, -0.1) is 13.2 Å². The molecule has 32 heavy (non-hydrogen) atoms. The van der Waals surface area contributed by atoms with Gasteiger partial charge in [-0.3, -0.25) is 4.79 Å². The van der Waals surface area contributed by atoms with E-state index in [0.717, 1.165) is 18.6 Å². The van der Waals surface area contributed by atoms with Gasteiger partial charge in [0.25, 0.3) is 0 Å². The van der Waals surface area contributed by atoms with E-state index in [1.54, 1.807) is 12.1 Å². The lowest BCUT2D eigenvalue weighted by Crippen LogP contribution is -2.45. The first-order chi connectivity index (χ1) is 15.1. The maximum atomic E-state index is 13.1. The van der Waals surface area contributed by atoms with Crippen molar-refractivity contribution in [1.29, 1.82) is 0 Å². The Morgan fingerprint density at radius 1 is 1.06 bits per heavy atom. The fourth-order valence-corrected chi connectivity index (χ4v) is 5.24. The highest BCUT2D eigenvalue weighted by atomic mass is 32.2. The minimum Gasteiger partial charge on any atom is -0.497 e. The summed E-state index contributed by atoms with van der Waals surface area (Å²) in [5.74, 6) is -0.305. The molecule has 1 saturated heterocycles. The van der Waals surface area contributed by atoms with E-state index >= 15 is 0 Å². The second-order valence-corrected chi connectivity index (χ2v) is 9.16. The van der Waals surface area contributed by atoms with Gasteiger partial charge in [-0.2, -0.15) is 4.31 Å². The molecule has 3 rings (SSSR count). The molecule has 174 valence electrons. The van der Waals surface area contributed by atoms with Crippen LogP contribution in [-0.4, -0.2) is 44.7 Å². The number of rotatable bonds is 7. The maximum Gasteiger partial charge on any atom is 0.573 e. The zero-order chi connectivity index (χ0) is 23.4. The maximum absolute atomic E-state index is 13.1. The van der Waals surface area contributed by atoms with Crippen molar-refractivity contribution < 1.29 is 35.9 Å². The Morgan fingerprint density at radius 2 is 1.69 bits per heavy atom. The van der Waals surface area contributed by atoms with Crippen LogP contribution in [-0.2, 0) is 14.8 Å². The molecule has 1 amide bonds. The molecule has 1 heterocycles. The van der Waals surface area contributed by atoms with Gasteiger partial charge in [-0.05, 0) is 61.4 Å². The van der Waals surface area contributed by atoms with Crippen LogP contribution in [0, 0.1) is 0 Å². The largest absolute Gasteiger partial charge is 0.573 e. The first-order valence-electron chi connectivity index (χ1n) is 9.90. The van der Waals surface area contributed by atoms with Crippen molar-refractivity contribution in [1.82, 2.24) is 4.31 Å². The fourth-order valence-electron chi connectivity index (χ4n) is 3.54. The number of alkyl halides is 3. The number of nitrogens with one attached hydrogen (secondary N) is 1. The van der Waals surface area contributed by atoms with Crippen LogP contribution in [0.25, 0.3) is 0 Å². The van der Waals surface area contributed by atoms with Crippen molar-refractivity contribution in [2.75, 3.05) is 19.0 Å². The van der Waals surface area contributed by atoms with Crippen LogP contribution in [0.3, 0.4) is 0 Å². The summed E-state index contributed by atoms with van der Waals surface area (Å²) in [4.78, 5) is 12.6. The predicted molar refractivity (Wildman–Crippen MR) is 111 cm³/mol. The number of nitrogens with zero attached hydrogens (tertiary/aromatic N) is 1. The molecule has 0 aliphatic carbocycles. The third kappa shape index (κ3) is 6.13. The smallest absolute Gasteiger partial charge is 0.497 e. The number of carbonyl (C=O) groups is 1. The summed E-state index contributed by atoms with van der Waals surface area (Å²) >= 11 is 0. The first-order valence-corrected chi connectivity index (χ1v) is 11.3. The average molecular weight is 472 g/mol. The van der Waals surface area contributed by atoms with Gasteiger partial charge < -0.3 is 14.8 Å². The number of anilines is 1. The molecule has 1 N–H and O–H groups in total. The molecular formula is C21H23F3N2O5S. The number of carbonyl (C=O) groups excluding carboxylic acids is 1. The van der Waals surface area contributed by atoms with Gasteiger partial charge >= 0.3 is 6.36 Å². The molecule has 0 spiro atoms. The molecule has 7 nitrogen and oxygen atoms in total. The van der Waals surface area contributed by atoms with Gasteiger partial charge in [0.15, 0.2) is 0 Å². The summed E-state index contributed by atoms with van der Waals surface area (Å²) in [6, 6.07) is 10.3. The van der Waals surface area contributed by atoms with Crippen LogP contribution < -0.4 is 14.8 Å². The molecule has 2 aromatic rings. The number of benzene rings is 2. The SMILES string of the molecule is COc1ccc(S(=O)(=O)N2CCCCC2CC(=O)Nc2ccc(OC(F)(F)F)cc2)cc1. The van der Waals surface area contributed by atoms with Gasteiger partial charge in [-0.25, -0.2) is 8.42 Å². The highest BCUT2D eigenvalue weighted by molar-refractivity contribution is 7.89. The number of halogens is 3. The van der Waals surface area contributed by atoms with Gasteiger partial charge in [0.05, 0.1) is 12.0 Å². The van der Waals surface area contributed by atoms with E-state index in [2.05, 4.69) is 10.1 Å². The summed E-state index contributed by atoms with van der Waals surface area (Å²) in [7, 11) is -2.32. The number of hydrogen-bond acceptors (Lipinski definition) is 5. The first kappa shape index (κ1) is 23.9. The van der Waals surface area contributed by atoms with Gasteiger partial charge in [0.1, 0.15) is 11.5 Å². The van der Waals surface area contributed by atoms with Crippen molar-refractivity contribution in [3.05, 3.63) is 48.5 Å². The van der Waals surface area contributed by atoms with Crippen molar-refractivity contribution in [3.8, 4) is 11.5 Å². The topological polar surface area (TPSA) is 84.9 Å². The highest BCUT2D eigenvalue weighted by Gasteiger charge is 2.35. The zero-order valence-electron chi connectivity index (χ0n) is 17.3. The Balaban J connectivity index is 1.67. The van der Waals surface area contributed by atoms with E-state index in [1.165, 1.54) is 35.7 Å². The Morgan fingerprint density at radius 3 is 2.28 bits per heavy atom. The minimum atomic E-state index is -4.80. The Bertz CT molecular complexity index is 1020. The number of methoxy groups -OCH3 is 1. The average Bonchev–Trinajstić information content (AvgIpc) is 2.74. The van der Waals surface area contributed by atoms with Gasteiger partial charge in [-0.1, -0.05) is 6.42 Å². The van der Waals surface area contributed by atoms with Crippen LogP contribution in [0.2, 0.25) is 0 Å². The molecule has 1 unspecified atom stereocenters. The highest BCUT2D eigenvalue weighted by Crippen LogP contribution is 2.29. The van der Waals surface area contributed by atoms with E-state index < -0.39 is 34.1 Å². The molecular weight excluding hydrogens is 449 g/mol. The number of piperidine rings is 1. The van der Waals surface area contributed by atoms with Crippen LogP contribution in [0.5, 0.6) is 11.5 Å². The monoisotopic (exact) mass is 472 g/mol. The second-order valence-electron chi connectivity index (χ2n) is 7.27.